The maximum atomic E-state index is 9.64. The predicted molar refractivity (Wildman–Crippen MR) is 65.9 cm³/mol. The predicted octanol–water partition coefficient (Wildman–Crippen LogP) is 2.44. The average molecular weight is 244 g/mol. The molecule has 0 bridgehead atoms. The summed E-state index contributed by atoms with van der Waals surface area (Å²) < 4.78 is 0. The summed E-state index contributed by atoms with van der Waals surface area (Å²) in [6, 6.07) is 0. The molecule has 0 aromatic carbocycles. The summed E-state index contributed by atoms with van der Waals surface area (Å²) in [5.41, 5.74) is 0.0968. The fraction of sp³-hybridized carbons (Fsp3) is 0.636. The summed E-state index contributed by atoms with van der Waals surface area (Å²) in [7, 11) is 0. The molecule has 0 aliphatic rings. The second-order valence-electron chi connectivity index (χ2n) is 4.75. The van der Waals surface area contributed by atoms with Crippen LogP contribution in [0.3, 0.4) is 0 Å². The first-order valence-electron chi connectivity index (χ1n) is 5.28. The van der Waals surface area contributed by atoms with Crippen LogP contribution in [0, 0.1) is 0 Å². The Morgan fingerprint density at radius 2 is 2.06 bits per heavy atom. The molecule has 1 aromatic heterocycles. The van der Waals surface area contributed by atoms with Crippen molar-refractivity contribution in [2.45, 2.75) is 39.2 Å². The van der Waals surface area contributed by atoms with Gasteiger partial charge in [0.05, 0.1) is 5.60 Å². The normalized spacial score (nSPS) is 11.9. The number of hydrogen-bond donors (Lipinski definition) is 2. The monoisotopic (exact) mass is 243 g/mol. The number of nitrogens with zero attached hydrogens (tertiary/aromatic N) is 2. The topological polar surface area (TPSA) is 58.0 Å². The summed E-state index contributed by atoms with van der Waals surface area (Å²) in [5, 5.41) is 13.2. The van der Waals surface area contributed by atoms with E-state index in [4.69, 9.17) is 11.6 Å². The largest absolute Gasteiger partial charge is 0.389 e. The summed E-state index contributed by atoms with van der Waals surface area (Å²) in [4.78, 5) is 8.10. The number of aliphatic hydroxyl groups is 1. The van der Waals surface area contributed by atoms with Gasteiger partial charge in [-0.05, 0) is 19.8 Å². The zero-order valence-corrected chi connectivity index (χ0v) is 10.8. The summed E-state index contributed by atoms with van der Waals surface area (Å²) in [5.74, 6) is 0.926. The van der Waals surface area contributed by atoms with E-state index >= 15 is 0 Å². The van der Waals surface area contributed by atoms with Crippen molar-refractivity contribution >= 4 is 17.4 Å². The number of halogens is 1. The van der Waals surface area contributed by atoms with E-state index in [0.29, 0.717) is 17.5 Å². The minimum atomic E-state index is -0.786. The summed E-state index contributed by atoms with van der Waals surface area (Å²) in [6.07, 6.45) is 1.42. The molecule has 0 fully saturated rings. The summed E-state index contributed by atoms with van der Waals surface area (Å²) in [6.45, 7) is 7.94. The summed E-state index contributed by atoms with van der Waals surface area (Å²) >= 11 is 6.02. The third-order valence-corrected chi connectivity index (χ3v) is 2.40. The van der Waals surface area contributed by atoms with Crippen molar-refractivity contribution in [1.29, 1.82) is 0 Å². The van der Waals surface area contributed by atoms with Gasteiger partial charge >= 0.3 is 0 Å². The molecule has 0 radical (unpaired) electrons. The van der Waals surface area contributed by atoms with E-state index in [1.54, 1.807) is 13.8 Å². The molecule has 1 aromatic rings. The van der Waals surface area contributed by atoms with Crippen LogP contribution in [0.4, 0.5) is 5.82 Å². The van der Waals surface area contributed by atoms with Crippen molar-refractivity contribution in [2.75, 3.05) is 11.9 Å². The third kappa shape index (κ3) is 3.61. The van der Waals surface area contributed by atoms with Gasteiger partial charge in [-0.1, -0.05) is 25.4 Å². The van der Waals surface area contributed by atoms with Gasteiger partial charge in [-0.25, -0.2) is 9.97 Å². The molecule has 16 heavy (non-hydrogen) atoms. The Labute approximate surface area is 101 Å². The SMILES string of the molecule is CC(C)c1c(Cl)ncnc1NCC(C)(C)O. The molecule has 0 unspecified atom stereocenters. The van der Waals surface area contributed by atoms with Gasteiger partial charge in [-0.15, -0.1) is 0 Å². The zero-order chi connectivity index (χ0) is 12.3. The molecule has 0 aliphatic carbocycles. The zero-order valence-electron chi connectivity index (χ0n) is 10.1. The first-order valence-corrected chi connectivity index (χ1v) is 5.65. The standard InChI is InChI=1S/C11H18ClN3O/c1-7(2)8-9(12)14-6-15-10(8)13-5-11(3,4)16/h6-7,16H,5H2,1-4H3,(H,13,14,15). The lowest BCUT2D eigenvalue weighted by Crippen LogP contribution is -2.30. The molecule has 1 rings (SSSR count). The second-order valence-corrected chi connectivity index (χ2v) is 5.11. The molecular formula is C11H18ClN3O. The Balaban J connectivity index is 2.91. The van der Waals surface area contributed by atoms with Gasteiger partial charge in [-0.3, -0.25) is 0 Å². The molecule has 0 spiro atoms. The van der Waals surface area contributed by atoms with Crippen LogP contribution in [-0.2, 0) is 0 Å². The van der Waals surface area contributed by atoms with Crippen LogP contribution >= 0.6 is 11.6 Å². The number of aromatic nitrogens is 2. The molecule has 90 valence electrons. The van der Waals surface area contributed by atoms with Crippen molar-refractivity contribution in [3.05, 3.63) is 17.0 Å². The number of rotatable bonds is 4. The number of anilines is 1. The van der Waals surface area contributed by atoms with Gasteiger partial charge in [0.25, 0.3) is 0 Å². The Kier molecular flexibility index (Phi) is 4.10. The Hall–Kier alpha value is -0.870. The number of nitrogens with one attached hydrogen (secondary N) is 1. The molecule has 2 N–H and O–H groups in total. The molecular weight excluding hydrogens is 226 g/mol. The van der Waals surface area contributed by atoms with Crippen LogP contribution in [0.25, 0.3) is 0 Å². The fourth-order valence-electron chi connectivity index (χ4n) is 1.33. The van der Waals surface area contributed by atoms with Crippen molar-refractivity contribution in [1.82, 2.24) is 9.97 Å². The highest BCUT2D eigenvalue weighted by Crippen LogP contribution is 2.28. The molecule has 5 heteroatoms. The smallest absolute Gasteiger partial charge is 0.138 e. The maximum absolute atomic E-state index is 9.64. The quantitative estimate of drug-likeness (QED) is 0.798. The van der Waals surface area contributed by atoms with Gasteiger partial charge in [0, 0.05) is 12.1 Å². The first kappa shape index (κ1) is 13.2. The lowest BCUT2D eigenvalue weighted by molar-refractivity contribution is 0.0944. The van der Waals surface area contributed by atoms with Crippen LogP contribution in [0.5, 0.6) is 0 Å². The Morgan fingerprint density at radius 3 is 2.56 bits per heavy atom. The van der Waals surface area contributed by atoms with E-state index in [1.807, 2.05) is 13.8 Å². The van der Waals surface area contributed by atoms with Crippen molar-refractivity contribution in [3.63, 3.8) is 0 Å². The molecule has 0 saturated heterocycles. The second kappa shape index (κ2) is 4.97. The Morgan fingerprint density at radius 1 is 1.44 bits per heavy atom. The average Bonchev–Trinajstić information content (AvgIpc) is 2.12. The molecule has 0 saturated carbocycles. The van der Waals surface area contributed by atoms with E-state index in [1.165, 1.54) is 6.33 Å². The fourth-order valence-corrected chi connectivity index (χ4v) is 1.68. The first-order chi connectivity index (χ1) is 7.31. The van der Waals surface area contributed by atoms with Gasteiger partial charge in [0.2, 0.25) is 0 Å². The maximum Gasteiger partial charge on any atom is 0.138 e. The van der Waals surface area contributed by atoms with E-state index in [0.717, 1.165) is 5.56 Å². The van der Waals surface area contributed by atoms with Gasteiger partial charge in [0.15, 0.2) is 0 Å². The molecule has 4 nitrogen and oxygen atoms in total. The molecule has 0 amide bonds. The molecule has 0 aliphatic heterocycles. The van der Waals surface area contributed by atoms with Crippen molar-refractivity contribution in [2.24, 2.45) is 0 Å². The van der Waals surface area contributed by atoms with Crippen LogP contribution in [0.1, 0.15) is 39.2 Å². The highest BCUT2D eigenvalue weighted by molar-refractivity contribution is 6.30. The van der Waals surface area contributed by atoms with E-state index in [2.05, 4.69) is 15.3 Å². The minimum absolute atomic E-state index is 0.234. The minimum Gasteiger partial charge on any atom is -0.389 e. The molecule has 0 atom stereocenters. The van der Waals surface area contributed by atoms with Crippen LogP contribution in [-0.4, -0.2) is 27.2 Å². The van der Waals surface area contributed by atoms with Crippen molar-refractivity contribution in [3.8, 4) is 0 Å². The van der Waals surface area contributed by atoms with E-state index < -0.39 is 5.60 Å². The van der Waals surface area contributed by atoms with Crippen LogP contribution in [0.2, 0.25) is 5.15 Å². The van der Waals surface area contributed by atoms with Crippen molar-refractivity contribution < 1.29 is 5.11 Å². The van der Waals surface area contributed by atoms with Gasteiger partial charge in [-0.2, -0.15) is 0 Å². The number of hydrogen-bond acceptors (Lipinski definition) is 4. The highest BCUT2D eigenvalue weighted by atomic mass is 35.5. The van der Waals surface area contributed by atoms with E-state index in [9.17, 15) is 5.11 Å². The Bertz CT molecular complexity index is 361. The van der Waals surface area contributed by atoms with Gasteiger partial charge < -0.3 is 10.4 Å². The van der Waals surface area contributed by atoms with Crippen LogP contribution in [0.15, 0.2) is 6.33 Å². The molecule has 1 heterocycles. The highest BCUT2D eigenvalue weighted by Gasteiger charge is 2.17. The van der Waals surface area contributed by atoms with Crippen LogP contribution < -0.4 is 5.32 Å². The lowest BCUT2D eigenvalue weighted by Gasteiger charge is -2.20. The third-order valence-electron chi connectivity index (χ3n) is 2.10. The lowest BCUT2D eigenvalue weighted by atomic mass is 10.1. The van der Waals surface area contributed by atoms with E-state index in [-0.39, 0.29) is 5.92 Å². The van der Waals surface area contributed by atoms with Gasteiger partial charge in [0.1, 0.15) is 17.3 Å².